The molecule has 0 saturated carbocycles. The lowest BCUT2D eigenvalue weighted by molar-refractivity contribution is 0.102. The Balaban J connectivity index is 1.80. The number of para-hydroxylation sites is 2. The Kier molecular flexibility index (Phi) is 6.06. The monoisotopic (exact) mass is 383 g/mol. The van der Waals surface area contributed by atoms with E-state index >= 15 is 0 Å². The third kappa shape index (κ3) is 4.69. The molecule has 0 radical (unpaired) electrons. The number of benzene rings is 3. The zero-order valence-electron chi connectivity index (χ0n) is 16.3. The molecule has 0 aliphatic heterocycles. The topological polar surface area (TPSA) is 82.0 Å². The molecule has 2 N–H and O–H groups in total. The fourth-order valence-corrected chi connectivity index (χ4v) is 2.99. The van der Waals surface area contributed by atoms with Gasteiger partial charge in [-0.25, -0.2) is 0 Å². The standard InChI is InChI=1S/C24H21N3O2/c1-16(2)20-11-4-6-13-22(20)27-24(29)18-10-7-9-17(14-18)23(28)26-21-12-5-3-8-19(21)15-25/h3-14,16H,1-2H3,(H,26,28)(H,27,29). The Bertz CT molecular complexity index is 1100. The van der Waals surface area contributed by atoms with Gasteiger partial charge in [0.05, 0.1) is 11.3 Å². The van der Waals surface area contributed by atoms with Gasteiger partial charge in [-0.3, -0.25) is 9.59 Å². The summed E-state index contributed by atoms with van der Waals surface area (Å²) in [6.45, 7) is 4.13. The predicted octanol–water partition coefficient (Wildman–Crippen LogP) is 5.19. The molecule has 0 aliphatic rings. The van der Waals surface area contributed by atoms with E-state index in [9.17, 15) is 9.59 Å². The van der Waals surface area contributed by atoms with Crippen molar-refractivity contribution in [2.75, 3.05) is 10.6 Å². The summed E-state index contributed by atoms with van der Waals surface area (Å²) in [5.74, 6) is -0.404. The van der Waals surface area contributed by atoms with Crippen molar-refractivity contribution in [1.82, 2.24) is 0 Å². The summed E-state index contributed by atoms with van der Waals surface area (Å²) in [7, 11) is 0. The van der Waals surface area contributed by atoms with Crippen molar-refractivity contribution in [1.29, 1.82) is 5.26 Å². The second kappa shape index (κ2) is 8.85. The molecule has 0 fully saturated rings. The van der Waals surface area contributed by atoms with Crippen LogP contribution in [-0.4, -0.2) is 11.8 Å². The Morgan fingerprint density at radius 1 is 0.793 bits per heavy atom. The van der Waals surface area contributed by atoms with Crippen molar-refractivity contribution in [2.45, 2.75) is 19.8 Å². The predicted molar refractivity (Wildman–Crippen MR) is 114 cm³/mol. The SMILES string of the molecule is CC(C)c1ccccc1NC(=O)c1cccc(C(=O)Nc2ccccc2C#N)c1. The first-order chi connectivity index (χ1) is 14.0. The van der Waals surface area contributed by atoms with Gasteiger partial charge in [-0.2, -0.15) is 5.26 Å². The van der Waals surface area contributed by atoms with Crippen LogP contribution in [0.15, 0.2) is 72.8 Å². The highest BCUT2D eigenvalue weighted by Gasteiger charge is 2.14. The summed E-state index contributed by atoms with van der Waals surface area (Å²) in [6, 6.07) is 23.0. The highest BCUT2D eigenvalue weighted by atomic mass is 16.2. The summed E-state index contributed by atoms with van der Waals surface area (Å²) in [5, 5.41) is 14.8. The molecule has 3 rings (SSSR count). The number of carbonyl (C=O) groups is 2. The normalized spacial score (nSPS) is 10.3. The Labute approximate surface area is 170 Å². The first-order valence-corrected chi connectivity index (χ1v) is 9.30. The number of rotatable bonds is 5. The fraction of sp³-hybridized carbons (Fsp3) is 0.125. The van der Waals surface area contributed by atoms with E-state index in [1.165, 1.54) is 6.07 Å². The minimum absolute atomic E-state index is 0.267. The Morgan fingerprint density at radius 3 is 1.97 bits per heavy atom. The van der Waals surface area contributed by atoms with Crippen LogP contribution >= 0.6 is 0 Å². The van der Waals surface area contributed by atoms with Crippen molar-refractivity contribution < 1.29 is 9.59 Å². The number of anilines is 2. The largest absolute Gasteiger partial charge is 0.322 e. The van der Waals surface area contributed by atoms with Gasteiger partial charge in [0, 0.05) is 16.8 Å². The van der Waals surface area contributed by atoms with Gasteiger partial charge < -0.3 is 10.6 Å². The van der Waals surface area contributed by atoms with E-state index in [1.54, 1.807) is 42.5 Å². The molecule has 0 bridgehead atoms. The van der Waals surface area contributed by atoms with Crippen molar-refractivity contribution in [2.24, 2.45) is 0 Å². The molecule has 0 saturated heterocycles. The Morgan fingerprint density at radius 2 is 1.34 bits per heavy atom. The molecule has 0 heterocycles. The molecule has 5 heteroatoms. The number of hydrogen-bond donors (Lipinski definition) is 2. The maximum Gasteiger partial charge on any atom is 0.255 e. The van der Waals surface area contributed by atoms with Gasteiger partial charge in [-0.05, 0) is 47.9 Å². The maximum absolute atomic E-state index is 12.7. The summed E-state index contributed by atoms with van der Waals surface area (Å²) >= 11 is 0. The number of nitriles is 1. The van der Waals surface area contributed by atoms with Gasteiger partial charge in [0.1, 0.15) is 6.07 Å². The highest BCUT2D eigenvalue weighted by Crippen LogP contribution is 2.24. The van der Waals surface area contributed by atoms with Crippen LogP contribution < -0.4 is 10.6 Å². The van der Waals surface area contributed by atoms with E-state index in [0.29, 0.717) is 22.4 Å². The van der Waals surface area contributed by atoms with Gasteiger partial charge >= 0.3 is 0 Å². The van der Waals surface area contributed by atoms with E-state index in [4.69, 9.17) is 5.26 Å². The number of hydrogen-bond acceptors (Lipinski definition) is 3. The van der Waals surface area contributed by atoms with Crippen LogP contribution in [0.3, 0.4) is 0 Å². The molecular weight excluding hydrogens is 362 g/mol. The van der Waals surface area contributed by atoms with Crippen LogP contribution in [0.4, 0.5) is 11.4 Å². The maximum atomic E-state index is 12.7. The van der Waals surface area contributed by atoms with Crippen LogP contribution in [0.25, 0.3) is 0 Å². The quantitative estimate of drug-likeness (QED) is 0.636. The van der Waals surface area contributed by atoms with Gasteiger partial charge in [0.2, 0.25) is 0 Å². The molecule has 0 atom stereocenters. The lowest BCUT2D eigenvalue weighted by Crippen LogP contribution is -2.16. The molecule has 29 heavy (non-hydrogen) atoms. The zero-order chi connectivity index (χ0) is 20.8. The van der Waals surface area contributed by atoms with E-state index in [1.807, 2.05) is 30.3 Å². The van der Waals surface area contributed by atoms with Gasteiger partial charge in [0.15, 0.2) is 0 Å². The third-order valence-electron chi connectivity index (χ3n) is 4.51. The van der Waals surface area contributed by atoms with Crippen molar-refractivity contribution in [3.8, 4) is 6.07 Å². The van der Waals surface area contributed by atoms with Crippen LogP contribution in [0, 0.1) is 11.3 Å². The smallest absolute Gasteiger partial charge is 0.255 e. The fourth-order valence-electron chi connectivity index (χ4n) is 2.99. The molecule has 3 aromatic carbocycles. The molecule has 0 aliphatic carbocycles. The third-order valence-corrected chi connectivity index (χ3v) is 4.51. The summed E-state index contributed by atoms with van der Waals surface area (Å²) in [6.07, 6.45) is 0. The first kappa shape index (κ1) is 19.8. The first-order valence-electron chi connectivity index (χ1n) is 9.30. The summed E-state index contributed by atoms with van der Waals surface area (Å²) < 4.78 is 0. The minimum atomic E-state index is -0.384. The van der Waals surface area contributed by atoms with Gasteiger partial charge in [0.25, 0.3) is 11.8 Å². The molecule has 0 aromatic heterocycles. The van der Waals surface area contributed by atoms with Crippen molar-refractivity contribution >= 4 is 23.2 Å². The molecule has 144 valence electrons. The second-order valence-electron chi connectivity index (χ2n) is 6.89. The zero-order valence-corrected chi connectivity index (χ0v) is 16.3. The lowest BCUT2D eigenvalue weighted by Gasteiger charge is -2.14. The number of nitrogens with zero attached hydrogens (tertiary/aromatic N) is 1. The lowest BCUT2D eigenvalue weighted by atomic mass is 10.0. The Hall–Kier alpha value is -3.91. The molecule has 5 nitrogen and oxygen atoms in total. The average Bonchev–Trinajstić information content (AvgIpc) is 2.74. The van der Waals surface area contributed by atoms with E-state index in [-0.39, 0.29) is 17.7 Å². The van der Waals surface area contributed by atoms with Gasteiger partial charge in [-0.15, -0.1) is 0 Å². The number of amides is 2. The molecule has 0 unspecified atom stereocenters. The molecule has 2 amide bonds. The van der Waals surface area contributed by atoms with E-state index < -0.39 is 0 Å². The number of nitrogens with one attached hydrogen (secondary N) is 2. The molecule has 3 aromatic rings. The highest BCUT2D eigenvalue weighted by molar-refractivity contribution is 6.09. The number of carbonyl (C=O) groups excluding carboxylic acids is 2. The van der Waals surface area contributed by atoms with Gasteiger partial charge in [-0.1, -0.05) is 50.2 Å². The van der Waals surface area contributed by atoms with E-state index in [2.05, 4.69) is 24.5 Å². The van der Waals surface area contributed by atoms with Crippen LogP contribution in [0.1, 0.15) is 51.6 Å². The van der Waals surface area contributed by atoms with Crippen molar-refractivity contribution in [3.63, 3.8) is 0 Å². The van der Waals surface area contributed by atoms with Crippen LogP contribution in [0.2, 0.25) is 0 Å². The molecule has 0 spiro atoms. The van der Waals surface area contributed by atoms with Crippen LogP contribution in [0.5, 0.6) is 0 Å². The molecular formula is C24H21N3O2. The van der Waals surface area contributed by atoms with Crippen LogP contribution in [-0.2, 0) is 0 Å². The summed E-state index contributed by atoms with van der Waals surface area (Å²) in [4.78, 5) is 25.3. The van der Waals surface area contributed by atoms with Crippen molar-refractivity contribution in [3.05, 3.63) is 95.1 Å². The minimum Gasteiger partial charge on any atom is -0.322 e. The second-order valence-corrected chi connectivity index (χ2v) is 6.89. The summed E-state index contributed by atoms with van der Waals surface area (Å²) in [5.41, 5.74) is 3.32. The van der Waals surface area contributed by atoms with E-state index in [0.717, 1.165) is 11.3 Å². The average molecular weight is 383 g/mol.